The number of hydrogen-bond acceptors (Lipinski definition) is 2. The van der Waals surface area contributed by atoms with Gasteiger partial charge >= 0.3 is 12.1 Å². The van der Waals surface area contributed by atoms with Crippen LogP contribution in [0, 0.1) is 0 Å². The fraction of sp³-hybridized carbons (Fsp3) is 0.300. The minimum absolute atomic E-state index is 0.439. The fourth-order valence-electron chi connectivity index (χ4n) is 1.07. The summed E-state index contributed by atoms with van der Waals surface area (Å²) in [5.74, 6) is -7.59. The summed E-state index contributed by atoms with van der Waals surface area (Å²) in [6, 6.07) is 4.70. The highest BCUT2D eigenvalue weighted by Gasteiger charge is 2.63. The zero-order valence-corrected chi connectivity index (χ0v) is 9.33. The summed E-state index contributed by atoms with van der Waals surface area (Å²) in [4.78, 5) is 11.5. The van der Waals surface area contributed by atoms with Crippen LogP contribution in [0.15, 0.2) is 29.2 Å². The SMILES string of the molecule is CSc1cccc(C(=O)C(F)(F)C(F)(F)F)c1. The number of ketones is 1. The zero-order valence-electron chi connectivity index (χ0n) is 8.52. The molecule has 0 unspecified atom stereocenters. The van der Waals surface area contributed by atoms with Gasteiger partial charge in [-0.15, -0.1) is 11.8 Å². The van der Waals surface area contributed by atoms with Crippen molar-refractivity contribution in [1.29, 1.82) is 0 Å². The van der Waals surface area contributed by atoms with Crippen LogP contribution in [0.2, 0.25) is 0 Å². The number of carbonyl (C=O) groups is 1. The molecule has 94 valence electrons. The molecule has 0 saturated carbocycles. The van der Waals surface area contributed by atoms with Crippen molar-refractivity contribution in [1.82, 2.24) is 0 Å². The van der Waals surface area contributed by atoms with Crippen molar-refractivity contribution < 1.29 is 26.7 Å². The average molecular weight is 270 g/mol. The molecule has 0 atom stereocenters. The highest BCUT2D eigenvalue weighted by Crippen LogP contribution is 2.38. The van der Waals surface area contributed by atoms with E-state index >= 15 is 0 Å². The molecule has 1 nitrogen and oxygen atoms in total. The monoisotopic (exact) mass is 270 g/mol. The number of alkyl halides is 5. The molecule has 0 saturated heterocycles. The second-order valence-electron chi connectivity index (χ2n) is 3.13. The lowest BCUT2D eigenvalue weighted by Gasteiger charge is -2.18. The molecular weight excluding hydrogens is 263 g/mol. The van der Waals surface area contributed by atoms with E-state index in [4.69, 9.17) is 0 Å². The van der Waals surface area contributed by atoms with Crippen molar-refractivity contribution in [2.24, 2.45) is 0 Å². The standard InChI is InChI=1S/C10H7F5OS/c1-17-7-4-2-3-6(5-7)8(16)9(11,12)10(13,14)15/h2-5H,1H3. The molecule has 1 aromatic rings. The first kappa shape index (κ1) is 14.0. The van der Waals surface area contributed by atoms with Crippen LogP contribution >= 0.6 is 11.8 Å². The molecule has 0 aliphatic carbocycles. The molecule has 0 bridgehead atoms. The number of thioether (sulfide) groups is 1. The number of carbonyl (C=O) groups excluding carboxylic acids is 1. The van der Waals surface area contributed by atoms with E-state index in [0.29, 0.717) is 4.90 Å². The van der Waals surface area contributed by atoms with E-state index in [1.54, 1.807) is 6.26 Å². The van der Waals surface area contributed by atoms with Crippen LogP contribution in [0.25, 0.3) is 0 Å². The van der Waals surface area contributed by atoms with Crippen molar-refractivity contribution >= 4 is 17.5 Å². The predicted octanol–water partition coefficient (Wildman–Crippen LogP) is 3.79. The second-order valence-corrected chi connectivity index (χ2v) is 4.01. The summed E-state index contributed by atoms with van der Waals surface area (Å²) in [5, 5.41) is 0. The Bertz CT molecular complexity index is 427. The van der Waals surface area contributed by atoms with Crippen LogP contribution < -0.4 is 0 Å². The molecule has 1 rings (SSSR count). The van der Waals surface area contributed by atoms with Crippen molar-refractivity contribution in [3.05, 3.63) is 29.8 Å². The molecule has 0 heterocycles. The average Bonchev–Trinajstić information content (AvgIpc) is 2.26. The Hall–Kier alpha value is -1.11. The van der Waals surface area contributed by atoms with Gasteiger partial charge in [0.2, 0.25) is 5.78 Å². The quantitative estimate of drug-likeness (QED) is 0.472. The Labute approximate surface area is 98.0 Å². The Morgan fingerprint density at radius 3 is 2.24 bits per heavy atom. The van der Waals surface area contributed by atoms with Crippen molar-refractivity contribution in [2.45, 2.75) is 17.0 Å². The number of rotatable bonds is 3. The van der Waals surface area contributed by atoms with Crippen LogP contribution in [-0.2, 0) is 0 Å². The predicted molar refractivity (Wildman–Crippen MR) is 53.6 cm³/mol. The maximum Gasteiger partial charge on any atom is 0.461 e. The zero-order chi connectivity index (χ0) is 13.3. The van der Waals surface area contributed by atoms with Crippen molar-refractivity contribution in [3.8, 4) is 0 Å². The van der Waals surface area contributed by atoms with Gasteiger partial charge in [-0.25, -0.2) is 0 Å². The lowest BCUT2D eigenvalue weighted by molar-refractivity contribution is -0.255. The second kappa shape index (κ2) is 4.64. The van der Waals surface area contributed by atoms with Gasteiger partial charge in [0, 0.05) is 10.5 Å². The van der Waals surface area contributed by atoms with Gasteiger partial charge in [-0.1, -0.05) is 12.1 Å². The van der Waals surface area contributed by atoms with Crippen molar-refractivity contribution in [2.75, 3.05) is 6.26 Å². The third-order valence-corrected chi connectivity index (χ3v) is 2.70. The first-order valence-electron chi connectivity index (χ1n) is 4.33. The van der Waals surface area contributed by atoms with Gasteiger partial charge in [0.05, 0.1) is 0 Å². The first-order valence-corrected chi connectivity index (χ1v) is 5.56. The first-order chi connectivity index (χ1) is 7.70. The largest absolute Gasteiger partial charge is 0.461 e. The van der Waals surface area contributed by atoms with E-state index in [-0.39, 0.29) is 0 Å². The van der Waals surface area contributed by atoms with Crippen LogP contribution in [0.5, 0.6) is 0 Å². The summed E-state index contributed by atoms with van der Waals surface area (Å²) >= 11 is 1.14. The van der Waals surface area contributed by atoms with Gasteiger partial charge in [-0.3, -0.25) is 4.79 Å². The summed E-state index contributed by atoms with van der Waals surface area (Å²) in [5.41, 5.74) is -0.654. The molecule has 0 N–H and O–H groups in total. The molecule has 17 heavy (non-hydrogen) atoms. The molecule has 0 aliphatic heterocycles. The molecular formula is C10H7F5OS. The minimum atomic E-state index is -5.88. The number of halogens is 5. The summed E-state index contributed by atoms with van der Waals surface area (Å²) in [6.07, 6.45) is -4.26. The third kappa shape index (κ3) is 2.77. The van der Waals surface area contributed by atoms with E-state index in [0.717, 1.165) is 23.9 Å². The van der Waals surface area contributed by atoms with E-state index in [1.165, 1.54) is 12.1 Å². The molecule has 0 spiro atoms. The maximum absolute atomic E-state index is 12.8. The molecule has 0 radical (unpaired) electrons. The Morgan fingerprint density at radius 2 is 1.76 bits per heavy atom. The van der Waals surface area contributed by atoms with Gasteiger partial charge in [-0.05, 0) is 18.4 Å². The summed E-state index contributed by atoms with van der Waals surface area (Å²) in [6.45, 7) is 0. The molecule has 7 heteroatoms. The lowest BCUT2D eigenvalue weighted by atomic mass is 10.1. The number of Topliss-reactive ketones (excluding diaryl/α,β-unsaturated/α-hetero) is 1. The van der Waals surface area contributed by atoms with Gasteiger partial charge in [0.15, 0.2) is 0 Å². The van der Waals surface area contributed by atoms with Crippen LogP contribution in [0.3, 0.4) is 0 Å². The van der Waals surface area contributed by atoms with Gasteiger partial charge < -0.3 is 0 Å². The Balaban J connectivity index is 3.12. The number of hydrogen-bond donors (Lipinski definition) is 0. The maximum atomic E-state index is 12.8. The van der Waals surface area contributed by atoms with Crippen LogP contribution in [0.4, 0.5) is 22.0 Å². The molecule has 0 aliphatic rings. The molecule has 0 fully saturated rings. The normalized spacial score (nSPS) is 12.6. The highest BCUT2D eigenvalue weighted by atomic mass is 32.2. The van der Waals surface area contributed by atoms with E-state index in [2.05, 4.69) is 0 Å². The molecule has 0 amide bonds. The molecule has 1 aromatic carbocycles. The minimum Gasteiger partial charge on any atom is -0.287 e. The fourth-order valence-corrected chi connectivity index (χ4v) is 1.53. The van der Waals surface area contributed by atoms with Gasteiger partial charge in [0.25, 0.3) is 0 Å². The lowest BCUT2D eigenvalue weighted by Crippen LogP contribution is -2.44. The molecule has 0 aromatic heterocycles. The van der Waals surface area contributed by atoms with Crippen LogP contribution in [0.1, 0.15) is 10.4 Å². The van der Waals surface area contributed by atoms with Crippen LogP contribution in [-0.4, -0.2) is 24.1 Å². The smallest absolute Gasteiger partial charge is 0.287 e. The van der Waals surface area contributed by atoms with E-state index < -0.39 is 23.4 Å². The Morgan fingerprint density at radius 1 is 1.18 bits per heavy atom. The topological polar surface area (TPSA) is 17.1 Å². The van der Waals surface area contributed by atoms with E-state index in [9.17, 15) is 26.7 Å². The van der Waals surface area contributed by atoms with Gasteiger partial charge in [0.1, 0.15) is 0 Å². The van der Waals surface area contributed by atoms with E-state index in [1.807, 2.05) is 0 Å². The Kier molecular flexibility index (Phi) is 3.81. The summed E-state index contributed by atoms with van der Waals surface area (Å²) < 4.78 is 61.5. The highest BCUT2D eigenvalue weighted by molar-refractivity contribution is 7.98. The van der Waals surface area contributed by atoms with Gasteiger partial charge in [-0.2, -0.15) is 22.0 Å². The number of benzene rings is 1. The van der Waals surface area contributed by atoms with Crippen molar-refractivity contribution in [3.63, 3.8) is 0 Å². The third-order valence-electron chi connectivity index (χ3n) is 1.97. The summed E-state index contributed by atoms with van der Waals surface area (Å²) in [7, 11) is 0.